The third kappa shape index (κ3) is 3.11. The van der Waals surface area contributed by atoms with Gasteiger partial charge in [0.15, 0.2) is 0 Å². The summed E-state index contributed by atoms with van der Waals surface area (Å²) in [6, 6.07) is 5.25. The Morgan fingerprint density at radius 3 is 2.57 bits per heavy atom. The molecule has 2 aromatic rings. The van der Waals surface area contributed by atoms with Crippen molar-refractivity contribution in [3.63, 3.8) is 0 Å². The average Bonchev–Trinajstić information content (AvgIpc) is 2.43. The van der Waals surface area contributed by atoms with Gasteiger partial charge in [-0.05, 0) is 18.2 Å². The highest BCUT2D eigenvalue weighted by molar-refractivity contribution is 6.05. The molecule has 0 aromatic heterocycles. The van der Waals surface area contributed by atoms with Crippen molar-refractivity contribution in [1.82, 2.24) is 0 Å². The summed E-state index contributed by atoms with van der Waals surface area (Å²) in [5.41, 5.74) is -1.33. The van der Waals surface area contributed by atoms with Crippen LogP contribution in [-0.2, 0) is 0 Å². The Labute approximate surface area is 116 Å². The zero-order valence-electron chi connectivity index (χ0n) is 10.3. The molecule has 0 radical (unpaired) electrons. The topological polar surface area (TPSA) is 92.5 Å². The van der Waals surface area contributed by atoms with Crippen LogP contribution in [0.5, 0.6) is 5.75 Å². The molecular weight excluding hydrogens is 286 g/mol. The van der Waals surface area contributed by atoms with Crippen LogP contribution < -0.4 is 5.32 Å². The Hall–Kier alpha value is -3.03. The van der Waals surface area contributed by atoms with Crippen LogP contribution in [0, 0.1) is 21.7 Å². The predicted octanol–water partition coefficient (Wildman–Crippen LogP) is 2.83. The first kappa shape index (κ1) is 14.4. The summed E-state index contributed by atoms with van der Waals surface area (Å²) >= 11 is 0. The highest BCUT2D eigenvalue weighted by Crippen LogP contribution is 2.25. The minimum absolute atomic E-state index is 0.272. The first-order valence-corrected chi connectivity index (χ1v) is 5.62. The molecule has 0 saturated carbocycles. The second-order valence-corrected chi connectivity index (χ2v) is 4.04. The smallest absolute Gasteiger partial charge is 0.270 e. The van der Waals surface area contributed by atoms with E-state index in [2.05, 4.69) is 5.32 Å². The highest BCUT2D eigenvalue weighted by atomic mass is 19.1. The van der Waals surface area contributed by atoms with Crippen LogP contribution in [0.25, 0.3) is 0 Å². The number of anilines is 1. The molecule has 0 aliphatic carbocycles. The summed E-state index contributed by atoms with van der Waals surface area (Å²) in [6.45, 7) is 0. The zero-order chi connectivity index (χ0) is 15.6. The lowest BCUT2D eigenvalue weighted by molar-refractivity contribution is -0.384. The van der Waals surface area contributed by atoms with Crippen LogP contribution in [-0.4, -0.2) is 15.9 Å². The normalized spacial score (nSPS) is 10.2. The van der Waals surface area contributed by atoms with E-state index in [1.807, 2.05) is 0 Å². The molecule has 0 saturated heterocycles. The quantitative estimate of drug-likeness (QED) is 0.517. The van der Waals surface area contributed by atoms with Crippen molar-refractivity contribution in [2.24, 2.45) is 0 Å². The number of phenols is 1. The number of phenolic OH excluding ortho intramolecular Hbond substituents is 1. The zero-order valence-corrected chi connectivity index (χ0v) is 10.3. The van der Waals surface area contributed by atoms with Crippen molar-refractivity contribution < 1.29 is 23.6 Å². The van der Waals surface area contributed by atoms with Crippen molar-refractivity contribution in [3.8, 4) is 5.75 Å². The van der Waals surface area contributed by atoms with Gasteiger partial charge in [0.1, 0.15) is 17.4 Å². The minimum atomic E-state index is -1.04. The lowest BCUT2D eigenvalue weighted by Crippen LogP contribution is -2.14. The Morgan fingerprint density at radius 1 is 1.19 bits per heavy atom. The lowest BCUT2D eigenvalue weighted by atomic mass is 10.1. The summed E-state index contributed by atoms with van der Waals surface area (Å²) in [4.78, 5) is 21.7. The van der Waals surface area contributed by atoms with E-state index >= 15 is 0 Å². The van der Waals surface area contributed by atoms with Crippen LogP contribution >= 0.6 is 0 Å². The van der Waals surface area contributed by atoms with Gasteiger partial charge >= 0.3 is 0 Å². The van der Waals surface area contributed by atoms with E-state index in [0.717, 1.165) is 36.4 Å². The van der Waals surface area contributed by atoms with E-state index in [1.54, 1.807) is 0 Å². The van der Waals surface area contributed by atoms with Gasteiger partial charge < -0.3 is 10.4 Å². The minimum Gasteiger partial charge on any atom is -0.506 e. The van der Waals surface area contributed by atoms with Crippen molar-refractivity contribution in [2.75, 3.05) is 5.32 Å². The largest absolute Gasteiger partial charge is 0.506 e. The fourth-order valence-corrected chi connectivity index (χ4v) is 1.60. The molecule has 0 heterocycles. The molecule has 1 amide bonds. The van der Waals surface area contributed by atoms with E-state index in [-0.39, 0.29) is 5.69 Å². The first-order chi connectivity index (χ1) is 9.88. The molecule has 2 N–H and O–H groups in total. The molecule has 2 aromatic carbocycles. The average molecular weight is 294 g/mol. The molecule has 0 aliphatic rings. The first-order valence-electron chi connectivity index (χ1n) is 5.62. The third-order valence-corrected chi connectivity index (χ3v) is 2.61. The lowest BCUT2D eigenvalue weighted by Gasteiger charge is -2.08. The van der Waals surface area contributed by atoms with E-state index in [9.17, 15) is 28.8 Å². The van der Waals surface area contributed by atoms with Gasteiger partial charge in [-0.2, -0.15) is 0 Å². The molecule has 0 unspecified atom stereocenters. The number of hydrogen-bond acceptors (Lipinski definition) is 4. The Morgan fingerprint density at radius 2 is 1.90 bits per heavy atom. The monoisotopic (exact) mass is 294 g/mol. The maximum Gasteiger partial charge on any atom is 0.270 e. The number of benzene rings is 2. The maximum atomic E-state index is 13.5. The molecule has 2 rings (SSSR count). The van der Waals surface area contributed by atoms with Crippen LogP contribution in [0.3, 0.4) is 0 Å². The van der Waals surface area contributed by atoms with E-state index < -0.39 is 39.5 Å². The van der Waals surface area contributed by atoms with Gasteiger partial charge in [0.05, 0.1) is 16.2 Å². The van der Waals surface area contributed by atoms with E-state index in [1.165, 1.54) is 0 Å². The third-order valence-electron chi connectivity index (χ3n) is 2.61. The summed E-state index contributed by atoms with van der Waals surface area (Å²) in [6.07, 6.45) is 0. The number of nitrogens with zero attached hydrogens (tertiary/aromatic N) is 1. The number of nitro benzene ring substituents is 1. The molecule has 108 valence electrons. The summed E-state index contributed by atoms with van der Waals surface area (Å²) in [5, 5.41) is 22.1. The number of amides is 1. The fourth-order valence-electron chi connectivity index (χ4n) is 1.60. The van der Waals surface area contributed by atoms with Crippen LogP contribution in [0.4, 0.5) is 20.2 Å². The van der Waals surface area contributed by atoms with Crippen LogP contribution in [0.15, 0.2) is 36.4 Å². The number of nitro groups is 1. The molecule has 0 fully saturated rings. The molecule has 0 spiro atoms. The Balaban J connectivity index is 2.34. The van der Waals surface area contributed by atoms with Gasteiger partial charge in [0.2, 0.25) is 0 Å². The number of carbonyl (C=O) groups is 1. The molecule has 0 bridgehead atoms. The SMILES string of the molecule is O=C(Nc1cc(F)ccc1O)c1cc([N+](=O)[O-])ccc1F. The summed E-state index contributed by atoms with van der Waals surface area (Å²) < 4.78 is 26.6. The Bertz CT molecular complexity index is 734. The highest BCUT2D eigenvalue weighted by Gasteiger charge is 2.18. The van der Waals surface area contributed by atoms with Gasteiger partial charge in [0.25, 0.3) is 11.6 Å². The molecule has 21 heavy (non-hydrogen) atoms. The van der Waals surface area contributed by atoms with E-state index in [0.29, 0.717) is 0 Å². The van der Waals surface area contributed by atoms with Crippen LogP contribution in [0.2, 0.25) is 0 Å². The number of rotatable bonds is 3. The van der Waals surface area contributed by atoms with Gasteiger partial charge in [-0.15, -0.1) is 0 Å². The van der Waals surface area contributed by atoms with Crippen molar-refractivity contribution >= 4 is 17.3 Å². The van der Waals surface area contributed by atoms with Gasteiger partial charge in [-0.1, -0.05) is 0 Å². The van der Waals surface area contributed by atoms with Crippen molar-refractivity contribution in [2.45, 2.75) is 0 Å². The second-order valence-electron chi connectivity index (χ2n) is 4.04. The van der Waals surface area contributed by atoms with Crippen molar-refractivity contribution in [3.05, 3.63) is 63.7 Å². The number of non-ortho nitro benzene ring substituents is 1. The predicted molar refractivity (Wildman–Crippen MR) is 69.1 cm³/mol. The van der Waals surface area contributed by atoms with E-state index in [4.69, 9.17) is 0 Å². The standard InChI is InChI=1S/C13H8F2N2O4/c14-7-1-4-12(18)11(5-7)16-13(19)9-6-8(17(20)21)2-3-10(9)15/h1-6,18H,(H,16,19). The Kier molecular flexibility index (Phi) is 3.79. The molecule has 0 aliphatic heterocycles. The number of hydrogen-bond donors (Lipinski definition) is 2. The molecule has 0 atom stereocenters. The number of nitrogens with one attached hydrogen (secondary N) is 1. The molecular formula is C13H8F2N2O4. The van der Waals surface area contributed by atoms with Crippen LogP contribution in [0.1, 0.15) is 10.4 Å². The molecule has 6 nitrogen and oxygen atoms in total. The van der Waals surface area contributed by atoms with Gasteiger partial charge in [-0.25, -0.2) is 8.78 Å². The number of carbonyl (C=O) groups excluding carboxylic acids is 1. The number of halogens is 2. The summed E-state index contributed by atoms with van der Waals surface area (Å²) in [7, 11) is 0. The fraction of sp³-hybridized carbons (Fsp3) is 0. The second kappa shape index (κ2) is 5.53. The van der Waals surface area contributed by atoms with Gasteiger partial charge in [0, 0.05) is 18.2 Å². The maximum absolute atomic E-state index is 13.5. The van der Waals surface area contributed by atoms with Gasteiger partial charge in [-0.3, -0.25) is 14.9 Å². The number of aromatic hydroxyl groups is 1. The molecule has 8 heteroatoms. The van der Waals surface area contributed by atoms with Crippen molar-refractivity contribution in [1.29, 1.82) is 0 Å². The summed E-state index contributed by atoms with van der Waals surface area (Å²) in [5.74, 6) is -3.16.